The summed E-state index contributed by atoms with van der Waals surface area (Å²) in [5, 5.41) is 11.6. The van der Waals surface area contributed by atoms with E-state index in [-0.39, 0.29) is 12.6 Å². The van der Waals surface area contributed by atoms with Crippen molar-refractivity contribution in [3.63, 3.8) is 0 Å². The Morgan fingerprint density at radius 3 is 2.26 bits per heavy atom. The van der Waals surface area contributed by atoms with Crippen LogP contribution in [0.4, 0.5) is 0 Å². The molecule has 0 aliphatic carbocycles. The number of hydrogen-bond donors (Lipinski definition) is 2. The zero-order valence-electron chi connectivity index (χ0n) is 15.3. The quantitative estimate of drug-likeness (QED) is 0.409. The molecule has 0 radical (unpaired) electrons. The number of aliphatic hydroxyl groups is 1. The van der Waals surface area contributed by atoms with Gasteiger partial charge >= 0.3 is 0 Å². The number of benzene rings is 1. The van der Waals surface area contributed by atoms with Crippen molar-refractivity contribution in [3.05, 3.63) is 35.9 Å². The summed E-state index contributed by atoms with van der Waals surface area (Å²) in [4.78, 5) is 0. The zero-order valence-corrected chi connectivity index (χ0v) is 15.3. The van der Waals surface area contributed by atoms with Gasteiger partial charge in [-0.2, -0.15) is 0 Å². The zero-order chi connectivity index (χ0) is 16.9. The lowest BCUT2D eigenvalue weighted by Crippen LogP contribution is -2.46. The van der Waals surface area contributed by atoms with Crippen molar-refractivity contribution in [2.45, 2.75) is 77.3 Å². The lowest BCUT2D eigenvalue weighted by atomic mass is 10.00. The maximum Gasteiger partial charge on any atom is 0.0600 e. The van der Waals surface area contributed by atoms with Crippen molar-refractivity contribution in [2.75, 3.05) is 13.7 Å². The van der Waals surface area contributed by atoms with Crippen molar-refractivity contribution < 1.29 is 5.11 Å². The third-order valence-corrected chi connectivity index (χ3v) is 4.64. The minimum absolute atomic E-state index is 0.172. The third-order valence-electron chi connectivity index (χ3n) is 4.64. The number of likely N-dealkylation sites (N-methyl/N-ethyl adjacent to an activating group) is 1. The minimum Gasteiger partial charge on any atom is -0.395 e. The van der Waals surface area contributed by atoms with Gasteiger partial charge in [0.25, 0.3) is 0 Å². The van der Waals surface area contributed by atoms with E-state index >= 15 is 0 Å². The molecule has 0 spiro atoms. The van der Waals surface area contributed by atoms with Crippen LogP contribution in [0.2, 0.25) is 0 Å². The van der Waals surface area contributed by atoms with Crippen molar-refractivity contribution in [1.29, 1.82) is 0 Å². The van der Waals surface area contributed by atoms with E-state index in [1.165, 1.54) is 44.1 Å². The molecule has 2 atom stereocenters. The monoisotopic (exact) mass is 320 g/mol. The second-order valence-corrected chi connectivity index (χ2v) is 6.50. The van der Waals surface area contributed by atoms with E-state index < -0.39 is 0 Å². The maximum atomic E-state index is 9.49. The Kier molecular flexibility index (Phi) is 11.0. The van der Waals surface area contributed by atoms with Crippen molar-refractivity contribution in [3.8, 4) is 0 Å². The number of unbranched alkanes of at least 4 members (excludes halogenated alkanes) is 5. The molecule has 2 N–H and O–H groups in total. The lowest BCUT2D eigenvalue weighted by Gasteiger charge is -2.31. The molecule has 1 rings (SSSR count). The molecule has 3 nitrogen and oxygen atoms in total. The molecular formula is C20H36N2O. The first kappa shape index (κ1) is 20.1. The highest BCUT2D eigenvalue weighted by Crippen LogP contribution is 2.21. The molecule has 1 aromatic rings. The van der Waals surface area contributed by atoms with Crippen molar-refractivity contribution in [2.24, 2.45) is 0 Å². The Morgan fingerprint density at radius 2 is 1.65 bits per heavy atom. The van der Waals surface area contributed by atoms with Crippen LogP contribution in [0.3, 0.4) is 0 Å². The fourth-order valence-corrected chi connectivity index (χ4v) is 3.00. The average molecular weight is 321 g/mol. The fraction of sp³-hybridized carbons (Fsp3) is 0.700. The van der Waals surface area contributed by atoms with Crippen LogP contribution in [-0.4, -0.2) is 29.8 Å². The van der Waals surface area contributed by atoms with Gasteiger partial charge in [-0.3, -0.25) is 0 Å². The molecule has 0 heterocycles. The Morgan fingerprint density at radius 1 is 1.00 bits per heavy atom. The highest BCUT2D eigenvalue weighted by molar-refractivity contribution is 5.18. The smallest absolute Gasteiger partial charge is 0.0600 e. The molecule has 0 aliphatic heterocycles. The Hall–Kier alpha value is -0.900. The summed E-state index contributed by atoms with van der Waals surface area (Å²) in [5.74, 6) is 0. The predicted octanol–water partition coefficient (Wildman–Crippen LogP) is 4.69. The van der Waals surface area contributed by atoms with Crippen LogP contribution in [0, 0.1) is 0 Å². The van der Waals surface area contributed by atoms with E-state index in [2.05, 4.69) is 54.6 Å². The van der Waals surface area contributed by atoms with Crippen LogP contribution < -0.4 is 5.43 Å². The summed E-state index contributed by atoms with van der Waals surface area (Å²) in [6, 6.07) is 11.2. The third kappa shape index (κ3) is 7.96. The van der Waals surface area contributed by atoms with Gasteiger partial charge in [0.1, 0.15) is 0 Å². The molecule has 0 fully saturated rings. The van der Waals surface area contributed by atoms with E-state index in [1.54, 1.807) is 0 Å². The lowest BCUT2D eigenvalue weighted by molar-refractivity contribution is 0.0801. The van der Waals surface area contributed by atoms with Gasteiger partial charge < -0.3 is 5.11 Å². The summed E-state index contributed by atoms with van der Waals surface area (Å²) in [7, 11) is 2.04. The van der Waals surface area contributed by atoms with E-state index in [9.17, 15) is 5.11 Å². The molecule has 0 unspecified atom stereocenters. The van der Waals surface area contributed by atoms with Crippen LogP contribution in [0.1, 0.15) is 76.8 Å². The Labute approximate surface area is 143 Å². The van der Waals surface area contributed by atoms with Gasteiger partial charge in [-0.1, -0.05) is 82.7 Å². The van der Waals surface area contributed by atoms with E-state index in [1.807, 2.05) is 7.05 Å². The number of hydrogen-bond acceptors (Lipinski definition) is 3. The van der Waals surface area contributed by atoms with Crippen LogP contribution in [0.15, 0.2) is 30.3 Å². The van der Waals surface area contributed by atoms with Crippen LogP contribution in [0.25, 0.3) is 0 Å². The number of hydrazine groups is 1. The van der Waals surface area contributed by atoms with Crippen molar-refractivity contribution >= 4 is 0 Å². The highest BCUT2D eigenvalue weighted by atomic mass is 16.3. The van der Waals surface area contributed by atoms with Gasteiger partial charge in [-0.15, -0.1) is 0 Å². The Bertz CT molecular complexity index is 378. The number of aliphatic hydroxyl groups excluding tert-OH is 1. The molecular weight excluding hydrogens is 284 g/mol. The first-order valence-corrected chi connectivity index (χ1v) is 9.37. The second-order valence-electron chi connectivity index (χ2n) is 6.50. The number of rotatable bonds is 13. The highest BCUT2D eigenvalue weighted by Gasteiger charge is 2.17. The largest absolute Gasteiger partial charge is 0.395 e. The molecule has 3 heteroatoms. The molecule has 0 amide bonds. The summed E-state index contributed by atoms with van der Waals surface area (Å²) in [5.41, 5.74) is 4.94. The first-order valence-electron chi connectivity index (χ1n) is 9.37. The summed E-state index contributed by atoms with van der Waals surface area (Å²) in [6.07, 6.45) is 10.0. The summed E-state index contributed by atoms with van der Waals surface area (Å²) in [6.45, 7) is 4.57. The van der Waals surface area contributed by atoms with Gasteiger partial charge in [0.15, 0.2) is 0 Å². The average Bonchev–Trinajstić information content (AvgIpc) is 2.58. The van der Waals surface area contributed by atoms with Gasteiger partial charge in [0, 0.05) is 19.1 Å². The second kappa shape index (κ2) is 12.5. The summed E-state index contributed by atoms with van der Waals surface area (Å²) < 4.78 is 0. The number of nitrogens with zero attached hydrogens (tertiary/aromatic N) is 1. The van der Waals surface area contributed by atoms with E-state index in [0.29, 0.717) is 6.04 Å². The predicted molar refractivity (Wildman–Crippen MR) is 99.2 cm³/mol. The first-order chi connectivity index (χ1) is 11.2. The minimum atomic E-state index is 0.172. The van der Waals surface area contributed by atoms with Crippen LogP contribution >= 0.6 is 0 Å². The molecule has 0 bridgehead atoms. The SMILES string of the molecule is CCCCCCCC[C@@H](NN(C)[C@H](CC)CO)c1ccccc1. The van der Waals surface area contributed by atoms with Crippen molar-refractivity contribution in [1.82, 2.24) is 10.4 Å². The normalized spacial score (nSPS) is 14.1. The topological polar surface area (TPSA) is 35.5 Å². The van der Waals surface area contributed by atoms with Gasteiger partial charge in [-0.05, 0) is 18.4 Å². The van der Waals surface area contributed by atoms with Gasteiger partial charge in [-0.25, -0.2) is 10.4 Å². The molecule has 132 valence electrons. The Balaban J connectivity index is 2.53. The molecule has 23 heavy (non-hydrogen) atoms. The number of nitrogens with one attached hydrogen (secondary N) is 1. The standard InChI is InChI=1S/C20H36N2O/c1-4-6-7-8-9-13-16-20(18-14-11-10-12-15-18)21-22(3)19(5-2)17-23/h10-12,14-15,19-21,23H,4-9,13,16-17H2,1-3H3/t19-,20-/m1/s1. The van der Waals surface area contributed by atoms with E-state index in [4.69, 9.17) is 0 Å². The molecule has 0 saturated carbocycles. The molecule has 1 aromatic carbocycles. The summed E-state index contributed by atoms with van der Waals surface area (Å²) >= 11 is 0. The molecule has 0 saturated heterocycles. The maximum absolute atomic E-state index is 9.49. The van der Waals surface area contributed by atoms with Crippen LogP contribution in [-0.2, 0) is 0 Å². The molecule has 0 aliphatic rings. The molecule has 0 aromatic heterocycles. The van der Waals surface area contributed by atoms with E-state index in [0.717, 1.165) is 12.8 Å². The fourth-order valence-electron chi connectivity index (χ4n) is 3.00. The van der Waals surface area contributed by atoms with Gasteiger partial charge in [0.05, 0.1) is 6.61 Å². The van der Waals surface area contributed by atoms with Gasteiger partial charge in [0.2, 0.25) is 0 Å². The van der Waals surface area contributed by atoms with Crippen LogP contribution in [0.5, 0.6) is 0 Å².